The molecule has 0 aliphatic carbocycles. The molecule has 2 rings (SSSR count). The van der Waals surface area contributed by atoms with Crippen LogP contribution in [0.2, 0.25) is 0 Å². The lowest BCUT2D eigenvalue weighted by Crippen LogP contribution is -2.25. The van der Waals surface area contributed by atoms with Crippen molar-refractivity contribution in [3.63, 3.8) is 0 Å². The summed E-state index contributed by atoms with van der Waals surface area (Å²) in [6.07, 6.45) is 1.44. The fourth-order valence-electron chi connectivity index (χ4n) is 2.51. The van der Waals surface area contributed by atoms with Crippen LogP contribution in [-0.2, 0) is 16.4 Å². The van der Waals surface area contributed by atoms with Gasteiger partial charge < -0.3 is 10.1 Å². The zero-order valence-corrected chi connectivity index (χ0v) is 16.0. The number of aryl methyl sites for hydroxylation is 1. The van der Waals surface area contributed by atoms with Gasteiger partial charge in [-0.2, -0.15) is 0 Å². The van der Waals surface area contributed by atoms with Crippen LogP contribution in [0, 0.1) is 0 Å². The molecule has 0 bridgehead atoms. The highest BCUT2D eigenvalue weighted by Gasteiger charge is 2.19. The number of anilines is 1. The standard InChI is InChI=1S/C19H24N2O4S/c1-4-12-20-19(22)16-8-6-7-9-17(16)21-26(23,24)15-10-11-18(25-3)14(5-2)13-15/h6-11,13,21H,4-5,12H2,1-3H3,(H,20,22). The number of benzene rings is 2. The minimum Gasteiger partial charge on any atom is -0.496 e. The molecule has 2 aromatic rings. The minimum absolute atomic E-state index is 0.124. The van der Waals surface area contributed by atoms with Gasteiger partial charge in [-0.1, -0.05) is 26.0 Å². The van der Waals surface area contributed by atoms with E-state index in [4.69, 9.17) is 4.74 Å². The zero-order valence-electron chi connectivity index (χ0n) is 15.2. The molecule has 7 heteroatoms. The number of ether oxygens (including phenoxy) is 1. The van der Waals surface area contributed by atoms with Gasteiger partial charge in [0, 0.05) is 6.54 Å². The molecule has 0 aliphatic heterocycles. The van der Waals surface area contributed by atoms with Gasteiger partial charge in [0.1, 0.15) is 5.75 Å². The second-order valence-corrected chi connectivity index (χ2v) is 7.42. The van der Waals surface area contributed by atoms with Crippen LogP contribution in [0.1, 0.15) is 36.2 Å². The second-order valence-electron chi connectivity index (χ2n) is 5.73. The number of carbonyl (C=O) groups excluding carboxylic acids is 1. The normalized spacial score (nSPS) is 11.0. The molecule has 0 aliphatic rings. The van der Waals surface area contributed by atoms with Crippen LogP contribution in [0.15, 0.2) is 47.4 Å². The van der Waals surface area contributed by atoms with E-state index in [-0.39, 0.29) is 22.1 Å². The molecule has 0 unspecified atom stereocenters. The molecule has 140 valence electrons. The van der Waals surface area contributed by atoms with Crippen LogP contribution < -0.4 is 14.8 Å². The predicted molar refractivity (Wildman–Crippen MR) is 102 cm³/mol. The molecule has 0 atom stereocenters. The largest absolute Gasteiger partial charge is 0.496 e. The van der Waals surface area contributed by atoms with Crippen LogP contribution in [0.4, 0.5) is 5.69 Å². The lowest BCUT2D eigenvalue weighted by atomic mass is 10.1. The van der Waals surface area contributed by atoms with E-state index in [2.05, 4.69) is 10.0 Å². The predicted octanol–water partition coefficient (Wildman–Crippen LogP) is 3.20. The van der Waals surface area contributed by atoms with Gasteiger partial charge in [0.2, 0.25) is 0 Å². The smallest absolute Gasteiger partial charge is 0.261 e. The Hall–Kier alpha value is -2.54. The highest BCUT2D eigenvalue weighted by molar-refractivity contribution is 7.92. The molecular weight excluding hydrogens is 352 g/mol. The summed E-state index contributed by atoms with van der Waals surface area (Å²) in [7, 11) is -2.29. The van der Waals surface area contributed by atoms with Gasteiger partial charge in [-0.15, -0.1) is 0 Å². The summed E-state index contributed by atoms with van der Waals surface area (Å²) in [5, 5.41) is 2.76. The van der Waals surface area contributed by atoms with Crippen molar-refractivity contribution in [2.24, 2.45) is 0 Å². The molecule has 0 heterocycles. The monoisotopic (exact) mass is 376 g/mol. The van der Waals surface area contributed by atoms with E-state index in [0.717, 1.165) is 12.0 Å². The quantitative estimate of drug-likeness (QED) is 0.741. The molecule has 0 saturated heterocycles. The lowest BCUT2D eigenvalue weighted by Gasteiger charge is -2.14. The van der Waals surface area contributed by atoms with Gasteiger partial charge in [-0.25, -0.2) is 8.42 Å². The third-order valence-corrected chi connectivity index (χ3v) is 5.26. The summed E-state index contributed by atoms with van der Waals surface area (Å²) in [6, 6.07) is 11.2. The molecule has 2 N–H and O–H groups in total. The molecule has 0 fully saturated rings. The first-order valence-electron chi connectivity index (χ1n) is 8.49. The number of methoxy groups -OCH3 is 1. The first-order valence-corrected chi connectivity index (χ1v) is 9.98. The number of amides is 1. The summed E-state index contributed by atoms with van der Waals surface area (Å²) in [4.78, 5) is 12.4. The average molecular weight is 376 g/mol. The number of hydrogen-bond acceptors (Lipinski definition) is 4. The van der Waals surface area contributed by atoms with Crippen molar-refractivity contribution in [1.82, 2.24) is 5.32 Å². The van der Waals surface area contributed by atoms with E-state index in [1.165, 1.54) is 6.07 Å². The van der Waals surface area contributed by atoms with Crippen molar-refractivity contribution in [2.45, 2.75) is 31.6 Å². The van der Waals surface area contributed by atoms with Gasteiger partial charge in [-0.05, 0) is 48.7 Å². The van der Waals surface area contributed by atoms with E-state index < -0.39 is 10.0 Å². The van der Waals surface area contributed by atoms with Crippen molar-refractivity contribution in [2.75, 3.05) is 18.4 Å². The fraction of sp³-hybridized carbons (Fsp3) is 0.316. The maximum atomic E-state index is 12.8. The second kappa shape index (κ2) is 8.71. The van der Waals surface area contributed by atoms with E-state index >= 15 is 0 Å². The van der Waals surface area contributed by atoms with Crippen LogP contribution in [0.3, 0.4) is 0 Å². The maximum Gasteiger partial charge on any atom is 0.261 e. The van der Waals surface area contributed by atoms with Crippen molar-refractivity contribution in [1.29, 1.82) is 0 Å². The first-order chi connectivity index (χ1) is 12.4. The molecule has 1 amide bonds. The number of nitrogens with one attached hydrogen (secondary N) is 2. The summed E-state index contributed by atoms with van der Waals surface area (Å²) >= 11 is 0. The van der Waals surface area contributed by atoms with Crippen LogP contribution in [-0.4, -0.2) is 28.0 Å². The van der Waals surface area contributed by atoms with Gasteiger partial charge in [0.15, 0.2) is 0 Å². The Bertz CT molecular complexity index is 879. The Morgan fingerprint density at radius 2 is 1.85 bits per heavy atom. The number of para-hydroxylation sites is 1. The molecule has 0 saturated carbocycles. The molecular formula is C19H24N2O4S. The third kappa shape index (κ3) is 4.54. The number of carbonyl (C=O) groups is 1. The Kier molecular flexibility index (Phi) is 6.63. The Labute approximate surface area is 154 Å². The highest BCUT2D eigenvalue weighted by atomic mass is 32.2. The Balaban J connectivity index is 2.34. The van der Waals surface area contributed by atoms with Crippen LogP contribution >= 0.6 is 0 Å². The molecule has 6 nitrogen and oxygen atoms in total. The van der Waals surface area contributed by atoms with E-state index in [1.54, 1.807) is 43.5 Å². The molecule has 0 radical (unpaired) electrons. The number of sulfonamides is 1. The van der Waals surface area contributed by atoms with Gasteiger partial charge in [0.25, 0.3) is 15.9 Å². The van der Waals surface area contributed by atoms with Crippen molar-refractivity contribution in [3.8, 4) is 5.75 Å². The zero-order chi connectivity index (χ0) is 19.2. The Morgan fingerprint density at radius 3 is 2.50 bits per heavy atom. The lowest BCUT2D eigenvalue weighted by molar-refractivity contribution is 0.0954. The van der Waals surface area contributed by atoms with Gasteiger partial charge >= 0.3 is 0 Å². The molecule has 0 aromatic heterocycles. The topological polar surface area (TPSA) is 84.5 Å². The van der Waals surface area contributed by atoms with E-state index in [0.29, 0.717) is 18.7 Å². The van der Waals surface area contributed by atoms with E-state index in [1.807, 2.05) is 13.8 Å². The fourth-order valence-corrected chi connectivity index (χ4v) is 3.64. The first kappa shape index (κ1) is 19.8. The van der Waals surface area contributed by atoms with Gasteiger partial charge in [0.05, 0.1) is 23.3 Å². The number of hydrogen-bond donors (Lipinski definition) is 2. The minimum atomic E-state index is -3.83. The Morgan fingerprint density at radius 1 is 1.12 bits per heavy atom. The summed E-state index contributed by atoms with van der Waals surface area (Å²) < 4.78 is 33.3. The maximum absolute atomic E-state index is 12.8. The summed E-state index contributed by atoms with van der Waals surface area (Å²) in [5.74, 6) is 0.333. The molecule has 2 aromatic carbocycles. The molecule has 0 spiro atoms. The number of rotatable bonds is 8. The summed E-state index contributed by atoms with van der Waals surface area (Å²) in [6.45, 7) is 4.40. The molecule has 26 heavy (non-hydrogen) atoms. The highest BCUT2D eigenvalue weighted by Crippen LogP contribution is 2.25. The summed E-state index contributed by atoms with van der Waals surface area (Å²) in [5.41, 5.74) is 1.33. The van der Waals surface area contributed by atoms with E-state index in [9.17, 15) is 13.2 Å². The average Bonchev–Trinajstić information content (AvgIpc) is 2.65. The van der Waals surface area contributed by atoms with Crippen molar-refractivity contribution >= 4 is 21.6 Å². The van der Waals surface area contributed by atoms with Crippen molar-refractivity contribution < 1.29 is 17.9 Å². The van der Waals surface area contributed by atoms with Crippen molar-refractivity contribution in [3.05, 3.63) is 53.6 Å². The van der Waals surface area contributed by atoms with Crippen LogP contribution in [0.5, 0.6) is 5.75 Å². The third-order valence-electron chi connectivity index (χ3n) is 3.89. The SMILES string of the molecule is CCCNC(=O)c1ccccc1NS(=O)(=O)c1ccc(OC)c(CC)c1. The van der Waals surface area contributed by atoms with Crippen LogP contribution in [0.25, 0.3) is 0 Å². The van der Waals surface area contributed by atoms with Gasteiger partial charge in [-0.3, -0.25) is 9.52 Å².